The molecule has 0 saturated carbocycles. The van der Waals surface area contributed by atoms with Crippen molar-refractivity contribution in [3.8, 4) is 11.4 Å². The summed E-state index contributed by atoms with van der Waals surface area (Å²) in [6.07, 6.45) is 5.20. The van der Waals surface area contributed by atoms with Crippen LogP contribution in [0.4, 0.5) is 0 Å². The number of rotatable bonds is 5. The van der Waals surface area contributed by atoms with E-state index in [-0.39, 0.29) is 0 Å². The summed E-state index contributed by atoms with van der Waals surface area (Å²) in [6.45, 7) is 9.02. The third kappa shape index (κ3) is 3.92. The van der Waals surface area contributed by atoms with Crippen molar-refractivity contribution < 1.29 is 0 Å². The molecule has 3 aromatic rings. The van der Waals surface area contributed by atoms with Crippen molar-refractivity contribution in [1.82, 2.24) is 19.8 Å². The van der Waals surface area contributed by atoms with Crippen molar-refractivity contribution in [3.05, 3.63) is 60.4 Å². The molecule has 0 amide bonds. The van der Waals surface area contributed by atoms with Gasteiger partial charge in [0.2, 0.25) is 0 Å². The highest BCUT2D eigenvalue weighted by Gasteiger charge is 2.16. The molecule has 2 aromatic carbocycles. The summed E-state index contributed by atoms with van der Waals surface area (Å²) in [5, 5.41) is 2.47. The maximum absolute atomic E-state index is 4.62. The first-order chi connectivity index (χ1) is 12.8. The van der Waals surface area contributed by atoms with E-state index in [0.717, 1.165) is 31.0 Å². The van der Waals surface area contributed by atoms with Crippen LogP contribution >= 0.6 is 0 Å². The van der Waals surface area contributed by atoms with Gasteiger partial charge in [-0.2, -0.15) is 0 Å². The fraction of sp³-hybridized carbons (Fsp3) is 0.364. The predicted octanol–water partition coefficient (Wildman–Crippen LogP) is 3.82. The van der Waals surface area contributed by atoms with E-state index in [0.29, 0.717) is 0 Å². The second-order valence-electron chi connectivity index (χ2n) is 7.09. The smallest absolute Gasteiger partial charge is 0.159 e. The van der Waals surface area contributed by atoms with Crippen molar-refractivity contribution in [2.45, 2.75) is 19.9 Å². The molecule has 1 fully saturated rings. The number of fused-ring (bicyclic) bond motifs is 1. The van der Waals surface area contributed by atoms with E-state index >= 15 is 0 Å². The van der Waals surface area contributed by atoms with E-state index in [2.05, 4.69) is 69.2 Å². The van der Waals surface area contributed by atoms with Crippen molar-refractivity contribution >= 4 is 10.8 Å². The summed E-state index contributed by atoms with van der Waals surface area (Å²) in [7, 11) is 0. The lowest BCUT2D eigenvalue weighted by Crippen LogP contribution is -2.45. The Morgan fingerprint density at radius 1 is 0.846 bits per heavy atom. The van der Waals surface area contributed by atoms with Crippen LogP contribution < -0.4 is 0 Å². The van der Waals surface area contributed by atoms with Crippen molar-refractivity contribution in [3.63, 3.8) is 0 Å². The highest BCUT2D eigenvalue weighted by atomic mass is 15.3. The van der Waals surface area contributed by atoms with E-state index in [9.17, 15) is 0 Å². The molecule has 0 aliphatic carbocycles. The molecule has 1 aromatic heterocycles. The molecule has 0 unspecified atom stereocenters. The van der Waals surface area contributed by atoms with Crippen LogP contribution in [0.2, 0.25) is 0 Å². The van der Waals surface area contributed by atoms with Gasteiger partial charge in [0.25, 0.3) is 0 Å². The number of piperazine rings is 1. The standard InChI is InChI=1S/C22H26N4/c1-2-9-25-10-12-26(13-11-25)17-18-15-23-22(24-16-18)21-8-7-19-5-3-4-6-20(19)14-21/h3-8,14-16H,2,9-13,17H2,1H3. The van der Waals surface area contributed by atoms with Crippen LogP contribution in [0, 0.1) is 0 Å². The molecule has 1 aliphatic heterocycles. The van der Waals surface area contributed by atoms with Crippen LogP contribution in [0.15, 0.2) is 54.9 Å². The van der Waals surface area contributed by atoms with Gasteiger partial charge >= 0.3 is 0 Å². The summed E-state index contributed by atoms with van der Waals surface area (Å²) < 4.78 is 0. The number of benzene rings is 2. The fourth-order valence-corrected chi connectivity index (χ4v) is 3.66. The van der Waals surface area contributed by atoms with E-state index in [1.54, 1.807) is 0 Å². The molecule has 1 aliphatic rings. The zero-order chi connectivity index (χ0) is 17.8. The maximum atomic E-state index is 4.62. The molecule has 0 N–H and O–H groups in total. The quantitative estimate of drug-likeness (QED) is 0.703. The Bertz CT molecular complexity index is 851. The highest BCUT2D eigenvalue weighted by Crippen LogP contribution is 2.21. The Morgan fingerprint density at radius 2 is 1.54 bits per heavy atom. The molecule has 0 spiro atoms. The third-order valence-corrected chi connectivity index (χ3v) is 5.12. The molecule has 0 bridgehead atoms. The van der Waals surface area contributed by atoms with E-state index in [1.807, 2.05) is 12.4 Å². The SMILES string of the molecule is CCCN1CCN(Cc2cnc(-c3ccc4ccccc4c3)nc2)CC1. The lowest BCUT2D eigenvalue weighted by Gasteiger charge is -2.34. The number of nitrogens with zero attached hydrogens (tertiary/aromatic N) is 4. The number of hydrogen-bond acceptors (Lipinski definition) is 4. The summed E-state index contributed by atoms with van der Waals surface area (Å²) in [4.78, 5) is 14.3. The average molecular weight is 346 g/mol. The summed E-state index contributed by atoms with van der Waals surface area (Å²) in [5.41, 5.74) is 2.27. The minimum atomic E-state index is 0.798. The van der Waals surface area contributed by atoms with Gasteiger partial charge in [0.05, 0.1) is 0 Å². The zero-order valence-electron chi connectivity index (χ0n) is 15.4. The number of hydrogen-bond donors (Lipinski definition) is 0. The summed E-state index contributed by atoms with van der Waals surface area (Å²) in [5.74, 6) is 0.798. The third-order valence-electron chi connectivity index (χ3n) is 5.12. The van der Waals surface area contributed by atoms with Crippen LogP contribution in [0.1, 0.15) is 18.9 Å². The molecule has 1 saturated heterocycles. The predicted molar refractivity (Wildman–Crippen MR) is 107 cm³/mol. The Kier molecular flexibility index (Phi) is 5.23. The molecule has 2 heterocycles. The molecule has 134 valence electrons. The van der Waals surface area contributed by atoms with Crippen molar-refractivity contribution in [2.75, 3.05) is 32.7 Å². The summed E-state index contributed by atoms with van der Waals surface area (Å²) >= 11 is 0. The first-order valence-electron chi connectivity index (χ1n) is 9.56. The molecule has 4 heteroatoms. The molecular formula is C22H26N4. The Hall–Kier alpha value is -2.30. The molecule has 26 heavy (non-hydrogen) atoms. The van der Waals surface area contributed by atoms with Gasteiger partial charge in [0, 0.05) is 56.2 Å². The van der Waals surface area contributed by atoms with Gasteiger partial charge in [0.1, 0.15) is 0 Å². The zero-order valence-corrected chi connectivity index (χ0v) is 15.4. The molecule has 0 radical (unpaired) electrons. The van der Waals surface area contributed by atoms with E-state index in [1.165, 1.54) is 42.4 Å². The average Bonchev–Trinajstić information content (AvgIpc) is 2.70. The Balaban J connectivity index is 1.41. The minimum absolute atomic E-state index is 0.798. The fourth-order valence-electron chi connectivity index (χ4n) is 3.66. The first-order valence-corrected chi connectivity index (χ1v) is 9.56. The Labute approximate surface area is 155 Å². The number of aromatic nitrogens is 2. The summed E-state index contributed by atoms with van der Waals surface area (Å²) in [6, 6.07) is 14.8. The topological polar surface area (TPSA) is 32.3 Å². The van der Waals surface area contributed by atoms with Crippen LogP contribution in [0.5, 0.6) is 0 Å². The van der Waals surface area contributed by atoms with Gasteiger partial charge in [-0.1, -0.05) is 43.3 Å². The lowest BCUT2D eigenvalue weighted by molar-refractivity contribution is 0.127. The monoisotopic (exact) mass is 346 g/mol. The largest absolute Gasteiger partial charge is 0.301 e. The lowest BCUT2D eigenvalue weighted by atomic mass is 10.1. The molecule has 4 rings (SSSR count). The normalized spacial score (nSPS) is 16.2. The van der Waals surface area contributed by atoms with Gasteiger partial charge in [-0.25, -0.2) is 9.97 Å². The van der Waals surface area contributed by atoms with Gasteiger partial charge in [-0.3, -0.25) is 4.90 Å². The maximum Gasteiger partial charge on any atom is 0.159 e. The van der Waals surface area contributed by atoms with Crippen LogP contribution in [0.3, 0.4) is 0 Å². The second-order valence-corrected chi connectivity index (χ2v) is 7.09. The van der Waals surface area contributed by atoms with Gasteiger partial charge in [-0.15, -0.1) is 0 Å². The van der Waals surface area contributed by atoms with Crippen molar-refractivity contribution in [2.24, 2.45) is 0 Å². The molecular weight excluding hydrogens is 320 g/mol. The molecule has 0 atom stereocenters. The van der Waals surface area contributed by atoms with Gasteiger partial charge in [-0.05, 0) is 29.8 Å². The Morgan fingerprint density at radius 3 is 2.27 bits per heavy atom. The van der Waals surface area contributed by atoms with E-state index < -0.39 is 0 Å². The van der Waals surface area contributed by atoms with Gasteiger partial charge < -0.3 is 4.90 Å². The minimum Gasteiger partial charge on any atom is -0.301 e. The molecule has 4 nitrogen and oxygen atoms in total. The highest BCUT2D eigenvalue weighted by molar-refractivity contribution is 5.86. The van der Waals surface area contributed by atoms with Gasteiger partial charge in [0.15, 0.2) is 5.82 Å². The first kappa shape index (κ1) is 17.1. The van der Waals surface area contributed by atoms with E-state index in [4.69, 9.17) is 0 Å². The van der Waals surface area contributed by atoms with Crippen molar-refractivity contribution in [1.29, 1.82) is 0 Å². The van der Waals surface area contributed by atoms with Crippen LogP contribution in [-0.2, 0) is 6.54 Å². The van der Waals surface area contributed by atoms with Crippen LogP contribution in [0.25, 0.3) is 22.2 Å². The van der Waals surface area contributed by atoms with Crippen LogP contribution in [-0.4, -0.2) is 52.5 Å². The second kappa shape index (κ2) is 7.94.